The van der Waals surface area contributed by atoms with E-state index in [-0.39, 0.29) is 0 Å². The SMILES string of the molecule is CCCCCC[Si](C)(Cl)Oc1ccccc1. The van der Waals surface area contributed by atoms with Crippen LogP contribution in [-0.2, 0) is 0 Å². The number of hydrogen-bond acceptors (Lipinski definition) is 1. The van der Waals surface area contributed by atoms with Gasteiger partial charge in [0.2, 0.25) is 0 Å². The van der Waals surface area contributed by atoms with Crippen molar-refractivity contribution in [3.8, 4) is 5.75 Å². The largest absolute Gasteiger partial charge is 0.529 e. The van der Waals surface area contributed by atoms with Crippen LogP contribution in [0.25, 0.3) is 0 Å². The highest BCUT2D eigenvalue weighted by Crippen LogP contribution is 2.24. The molecule has 0 N–H and O–H groups in total. The second kappa shape index (κ2) is 6.97. The molecule has 0 aliphatic carbocycles. The number of hydrogen-bond donors (Lipinski definition) is 0. The van der Waals surface area contributed by atoms with Gasteiger partial charge in [0.05, 0.1) is 0 Å². The molecule has 1 aromatic carbocycles. The lowest BCUT2D eigenvalue weighted by molar-refractivity contribution is 0.553. The van der Waals surface area contributed by atoms with E-state index >= 15 is 0 Å². The lowest BCUT2D eigenvalue weighted by atomic mass is 10.2. The van der Waals surface area contributed by atoms with E-state index in [1.807, 2.05) is 30.3 Å². The van der Waals surface area contributed by atoms with Crippen molar-refractivity contribution in [2.75, 3.05) is 0 Å². The first-order chi connectivity index (χ1) is 7.64. The minimum atomic E-state index is -2.02. The third-order valence-corrected chi connectivity index (χ3v) is 5.26. The molecule has 0 bridgehead atoms. The molecule has 0 saturated carbocycles. The van der Waals surface area contributed by atoms with Crippen LogP contribution in [0.5, 0.6) is 5.75 Å². The molecular weight excluding hydrogens is 236 g/mol. The quantitative estimate of drug-likeness (QED) is 0.381. The van der Waals surface area contributed by atoms with E-state index in [2.05, 4.69) is 13.5 Å². The van der Waals surface area contributed by atoms with Crippen molar-refractivity contribution >= 4 is 18.7 Å². The summed E-state index contributed by atoms with van der Waals surface area (Å²) in [5.41, 5.74) is 0. The first kappa shape index (κ1) is 13.6. The third-order valence-electron chi connectivity index (χ3n) is 2.55. The summed E-state index contributed by atoms with van der Waals surface area (Å²) < 4.78 is 5.89. The van der Waals surface area contributed by atoms with Gasteiger partial charge in [-0.25, -0.2) is 0 Å². The molecule has 0 heterocycles. The fourth-order valence-electron chi connectivity index (χ4n) is 1.65. The summed E-state index contributed by atoms with van der Waals surface area (Å²) >= 11 is 6.47. The van der Waals surface area contributed by atoms with Crippen LogP contribution in [0.15, 0.2) is 30.3 Å². The molecule has 1 nitrogen and oxygen atoms in total. The Morgan fingerprint density at radius 2 is 1.81 bits per heavy atom. The highest BCUT2D eigenvalue weighted by Gasteiger charge is 2.27. The number of rotatable bonds is 7. The topological polar surface area (TPSA) is 9.23 Å². The van der Waals surface area contributed by atoms with Crippen molar-refractivity contribution in [1.29, 1.82) is 0 Å². The molecule has 0 radical (unpaired) electrons. The van der Waals surface area contributed by atoms with Crippen molar-refractivity contribution in [3.05, 3.63) is 30.3 Å². The van der Waals surface area contributed by atoms with Gasteiger partial charge in [0.15, 0.2) is 0 Å². The Morgan fingerprint density at radius 3 is 2.44 bits per heavy atom. The van der Waals surface area contributed by atoms with Gasteiger partial charge in [-0.1, -0.05) is 50.8 Å². The maximum Gasteiger partial charge on any atom is 0.344 e. The fourth-order valence-corrected chi connectivity index (χ4v) is 3.93. The smallest absolute Gasteiger partial charge is 0.344 e. The van der Waals surface area contributed by atoms with Gasteiger partial charge < -0.3 is 4.43 Å². The van der Waals surface area contributed by atoms with Crippen molar-refractivity contribution in [3.63, 3.8) is 0 Å². The van der Waals surface area contributed by atoms with E-state index in [1.165, 1.54) is 25.7 Å². The van der Waals surface area contributed by atoms with Gasteiger partial charge in [0.25, 0.3) is 0 Å². The maximum absolute atomic E-state index is 6.47. The molecule has 0 aliphatic rings. The summed E-state index contributed by atoms with van der Waals surface area (Å²) in [6.07, 6.45) is 5.02. The molecule has 0 aromatic heterocycles. The van der Waals surface area contributed by atoms with Gasteiger partial charge in [-0.2, -0.15) is 0 Å². The lowest BCUT2D eigenvalue weighted by Gasteiger charge is -2.21. The zero-order chi connectivity index (χ0) is 11.9. The van der Waals surface area contributed by atoms with Gasteiger partial charge in [-0.3, -0.25) is 0 Å². The molecule has 3 heteroatoms. The van der Waals surface area contributed by atoms with E-state index in [9.17, 15) is 0 Å². The van der Waals surface area contributed by atoms with Gasteiger partial charge in [-0.05, 0) is 24.7 Å². The lowest BCUT2D eigenvalue weighted by Crippen LogP contribution is -2.30. The minimum absolute atomic E-state index is 0.905. The molecule has 0 aliphatic heterocycles. The Hall–Kier alpha value is -0.473. The predicted octanol–water partition coefficient (Wildman–Crippen LogP) is 4.96. The molecule has 0 spiro atoms. The van der Waals surface area contributed by atoms with Crippen molar-refractivity contribution in [1.82, 2.24) is 0 Å². The number of halogens is 1. The van der Waals surface area contributed by atoms with E-state index < -0.39 is 7.63 Å². The van der Waals surface area contributed by atoms with Crippen molar-refractivity contribution in [2.45, 2.75) is 45.2 Å². The predicted molar refractivity (Wildman–Crippen MR) is 73.5 cm³/mol. The van der Waals surface area contributed by atoms with Crippen LogP contribution in [0.3, 0.4) is 0 Å². The second-order valence-electron chi connectivity index (χ2n) is 4.33. The van der Waals surface area contributed by atoms with Gasteiger partial charge in [0, 0.05) is 0 Å². The Bertz CT molecular complexity index is 287. The molecular formula is C13H21ClOSi. The zero-order valence-electron chi connectivity index (χ0n) is 10.2. The van der Waals surface area contributed by atoms with E-state index in [1.54, 1.807) is 0 Å². The summed E-state index contributed by atoms with van der Waals surface area (Å²) in [7, 11) is -2.02. The summed E-state index contributed by atoms with van der Waals surface area (Å²) in [4.78, 5) is 0. The van der Waals surface area contributed by atoms with E-state index in [0.29, 0.717) is 0 Å². The van der Waals surface area contributed by atoms with Gasteiger partial charge in [-0.15, -0.1) is 11.1 Å². The van der Waals surface area contributed by atoms with Crippen LogP contribution >= 0.6 is 11.1 Å². The summed E-state index contributed by atoms with van der Waals surface area (Å²) in [5, 5.41) is 0. The van der Waals surface area contributed by atoms with Crippen LogP contribution < -0.4 is 4.43 Å². The third kappa shape index (κ3) is 5.57. The van der Waals surface area contributed by atoms with Crippen LogP contribution in [0, 0.1) is 0 Å². The summed E-state index contributed by atoms with van der Waals surface area (Å²) in [5.74, 6) is 0.905. The zero-order valence-corrected chi connectivity index (χ0v) is 12.0. The molecule has 0 fully saturated rings. The summed E-state index contributed by atoms with van der Waals surface area (Å²) in [6, 6.07) is 10.9. The van der Waals surface area contributed by atoms with Crippen molar-refractivity contribution in [2.24, 2.45) is 0 Å². The Balaban J connectivity index is 2.33. The number of benzene rings is 1. The molecule has 1 aromatic rings. The molecule has 16 heavy (non-hydrogen) atoms. The minimum Gasteiger partial charge on any atom is -0.529 e. The summed E-state index contributed by atoms with van der Waals surface area (Å²) in [6.45, 7) is 4.30. The highest BCUT2D eigenvalue weighted by atomic mass is 35.6. The molecule has 0 amide bonds. The standard InChI is InChI=1S/C13H21ClOSi/c1-3-4-5-9-12-16(2,14)15-13-10-7-6-8-11-13/h6-8,10-11H,3-5,9,12H2,1-2H3. The van der Waals surface area contributed by atoms with Crippen molar-refractivity contribution < 1.29 is 4.43 Å². The molecule has 1 atom stereocenters. The first-order valence-corrected chi connectivity index (χ1v) is 9.70. The van der Waals surface area contributed by atoms with Crippen LogP contribution in [0.1, 0.15) is 32.6 Å². The maximum atomic E-state index is 6.47. The van der Waals surface area contributed by atoms with E-state index in [4.69, 9.17) is 15.5 Å². The van der Waals surface area contributed by atoms with Gasteiger partial charge >= 0.3 is 7.63 Å². The number of para-hydroxylation sites is 1. The molecule has 1 rings (SSSR count). The molecule has 0 saturated heterocycles. The van der Waals surface area contributed by atoms with Crippen LogP contribution in [-0.4, -0.2) is 7.63 Å². The second-order valence-corrected chi connectivity index (χ2v) is 9.63. The monoisotopic (exact) mass is 256 g/mol. The molecule has 90 valence electrons. The van der Waals surface area contributed by atoms with Crippen LogP contribution in [0.2, 0.25) is 12.6 Å². The average molecular weight is 257 g/mol. The van der Waals surface area contributed by atoms with Gasteiger partial charge in [0.1, 0.15) is 5.75 Å². The molecule has 1 unspecified atom stereocenters. The Kier molecular flexibility index (Phi) is 5.92. The Morgan fingerprint density at radius 1 is 1.12 bits per heavy atom. The fraction of sp³-hybridized carbons (Fsp3) is 0.538. The normalized spacial score (nSPS) is 14.4. The first-order valence-electron chi connectivity index (χ1n) is 6.07. The van der Waals surface area contributed by atoms with Crippen LogP contribution in [0.4, 0.5) is 0 Å². The average Bonchev–Trinajstić information content (AvgIpc) is 2.25. The number of unbranched alkanes of at least 4 members (excludes halogenated alkanes) is 3. The van der Waals surface area contributed by atoms with E-state index in [0.717, 1.165) is 11.8 Å². The Labute approximate surface area is 105 Å². The highest BCUT2D eigenvalue weighted by molar-refractivity contribution is 7.16.